The molecule has 2 aromatic rings. The minimum Gasteiger partial charge on any atom is -0.411 e. The number of rotatable bonds is 3. The van der Waals surface area contributed by atoms with Crippen LogP contribution in [0.2, 0.25) is 0 Å². The first kappa shape index (κ1) is 10.6. The number of hydrogen-bond acceptors (Lipinski definition) is 6. The molecule has 0 amide bonds. The molecule has 0 bridgehead atoms. The van der Waals surface area contributed by atoms with Gasteiger partial charge in [-0.15, -0.1) is 0 Å². The Kier molecular flexibility index (Phi) is 3.11. The van der Waals surface area contributed by atoms with Gasteiger partial charge >= 0.3 is 0 Å². The van der Waals surface area contributed by atoms with E-state index in [1.165, 1.54) is 17.6 Å². The van der Waals surface area contributed by atoms with Crippen LogP contribution >= 0.6 is 11.3 Å². The Bertz CT molecular complexity index is 495. The van der Waals surface area contributed by atoms with Crippen LogP contribution in [0.5, 0.6) is 0 Å². The molecule has 0 aliphatic carbocycles. The molecule has 0 aliphatic rings. The molecule has 0 atom stereocenters. The summed E-state index contributed by atoms with van der Waals surface area (Å²) in [4.78, 5) is 9.18. The third-order valence-electron chi connectivity index (χ3n) is 1.99. The Hall–Kier alpha value is -1.95. The lowest BCUT2D eigenvalue weighted by Crippen LogP contribution is -1.88. The largest absolute Gasteiger partial charge is 0.411 e. The van der Waals surface area contributed by atoms with Gasteiger partial charge in [-0.2, -0.15) is 0 Å². The summed E-state index contributed by atoms with van der Waals surface area (Å²) >= 11 is 1.50. The van der Waals surface area contributed by atoms with Gasteiger partial charge in [-0.1, -0.05) is 16.5 Å². The van der Waals surface area contributed by atoms with Crippen LogP contribution in [0.3, 0.4) is 0 Å². The molecular formula is C10H10N4OS. The smallest absolute Gasteiger partial charge is 0.183 e. The fourth-order valence-electron chi connectivity index (χ4n) is 1.29. The molecule has 0 saturated carbocycles. The van der Waals surface area contributed by atoms with E-state index in [1.807, 2.05) is 12.1 Å². The minimum atomic E-state index is 0.642. The second kappa shape index (κ2) is 4.71. The van der Waals surface area contributed by atoms with Crippen molar-refractivity contribution in [2.45, 2.75) is 0 Å². The van der Waals surface area contributed by atoms with Crippen molar-refractivity contribution < 1.29 is 5.21 Å². The lowest BCUT2D eigenvalue weighted by atomic mass is 10.2. The van der Waals surface area contributed by atoms with E-state index in [2.05, 4.69) is 20.4 Å². The summed E-state index contributed by atoms with van der Waals surface area (Å²) in [5.41, 5.74) is 1.65. The van der Waals surface area contributed by atoms with E-state index in [0.29, 0.717) is 5.69 Å². The molecule has 0 aliphatic heterocycles. The van der Waals surface area contributed by atoms with Crippen molar-refractivity contribution in [2.24, 2.45) is 5.16 Å². The maximum Gasteiger partial charge on any atom is 0.183 e. The number of pyridine rings is 1. The molecule has 0 fully saturated rings. The number of aromatic nitrogens is 2. The quantitative estimate of drug-likeness (QED) is 0.484. The number of hydrogen-bond donors (Lipinski definition) is 2. The molecule has 0 saturated heterocycles. The van der Waals surface area contributed by atoms with E-state index in [-0.39, 0.29) is 0 Å². The highest BCUT2D eigenvalue weighted by atomic mass is 32.1. The fourth-order valence-corrected chi connectivity index (χ4v) is 2.19. The number of nitrogens with zero attached hydrogens (tertiary/aromatic N) is 3. The molecule has 6 heteroatoms. The average molecular weight is 234 g/mol. The lowest BCUT2D eigenvalue weighted by Gasteiger charge is -1.95. The third-order valence-corrected chi connectivity index (χ3v) is 3.13. The standard InChI is InChI=1S/C10H10N4OS/c1-11-10-14-8(6-13-15)9(16-10)7-2-4-12-5-3-7/h2-6,15H,1H3,(H,11,14)/b13-6-. The number of nitrogens with one attached hydrogen (secondary N) is 1. The van der Waals surface area contributed by atoms with E-state index in [9.17, 15) is 0 Å². The molecule has 5 nitrogen and oxygen atoms in total. The van der Waals surface area contributed by atoms with E-state index >= 15 is 0 Å². The van der Waals surface area contributed by atoms with Crippen LogP contribution in [0.15, 0.2) is 29.7 Å². The number of thiazole rings is 1. The fraction of sp³-hybridized carbons (Fsp3) is 0.100. The predicted octanol–water partition coefficient (Wildman–Crippen LogP) is 2.05. The first-order valence-electron chi connectivity index (χ1n) is 4.61. The Morgan fingerprint density at radius 3 is 2.81 bits per heavy atom. The molecule has 2 N–H and O–H groups in total. The van der Waals surface area contributed by atoms with Crippen molar-refractivity contribution in [3.8, 4) is 10.4 Å². The molecule has 0 spiro atoms. The zero-order valence-electron chi connectivity index (χ0n) is 8.58. The van der Waals surface area contributed by atoms with Crippen molar-refractivity contribution in [2.75, 3.05) is 12.4 Å². The second-order valence-electron chi connectivity index (χ2n) is 2.96. The van der Waals surface area contributed by atoms with Crippen molar-refractivity contribution in [3.63, 3.8) is 0 Å². The van der Waals surface area contributed by atoms with Crippen LogP contribution in [-0.4, -0.2) is 28.4 Å². The second-order valence-corrected chi connectivity index (χ2v) is 3.96. The summed E-state index contributed by atoms with van der Waals surface area (Å²) in [6.07, 6.45) is 4.76. The van der Waals surface area contributed by atoms with Crippen LogP contribution in [-0.2, 0) is 0 Å². The first-order chi connectivity index (χ1) is 7.85. The molecule has 2 rings (SSSR count). The Labute approximate surface area is 96.5 Å². The lowest BCUT2D eigenvalue weighted by molar-refractivity contribution is 0.321. The summed E-state index contributed by atoms with van der Waals surface area (Å²) in [5.74, 6) is 0. The minimum absolute atomic E-state index is 0.642. The molecule has 16 heavy (non-hydrogen) atoms. The summed E-state index contributed by atoms with van der Waals surface area (Å²) < 4.78 is 0. The SMILES string of the molecule is CNc1nc(/C=N\O)c(-c2ccncc2)s1. The topological polar surface area (TPSA) is 70.4 Å². The Morgan fingerprint density at radius 2 is 2.19 bits per heavy atom. The van der Waals surface area contributed by atoms with Gasteiger partial charge in [-0.3, -0.25) is 4.98 Å². The Morgan fingerprint density at radius 1 is 1.44 bits per heavy atom. The van der Waals surface area contributed by atoms with Crippen molar-refractivity contribution in [1.29, 1.82) is 0 Å². The van der Waals surface area contributed by atoms with E-state index in [0.717, 1.165) is 15.6 Å². The monoisotopic (exact) mass is 234 g/mol. The maximum absolute atomic E-state index is 8.57. The van der Waals surface area contributed by atoms with Crippen molar-refractivity contribution in [1.82, 2.24) is 9.97 Å². The third kappa shape index (κ3) is 2.01. The zero-order valence-corrected chi connectivity index (χ0v) is 9.40. The van der Waals surface area contributed by atoms with Gasteiger partial charge in [0, 0.05) is 19.4 Å². The highest BCUT2D eigenvalue weighted by Crippen LogP contribution is 2.31. The molecule has 2 aromatic heterocycles. The summed E-state index contributed by atoms with van der Waals surface area (Å²) in [5, 5.41) is 15.3. The highest BCUT2D eigenvalue weighted by molar-refractivity contribution is 7.19. The van der Waals surface area contributed by atoms with Crippen molar-refractivity contribution in [3.05, 3.63) is 30.2 Å². The predicted molar refractivity (Wildman–Crippen MR) is 64.3 cm³/mol. The van der Waals surface area contributed by atoms with Gasteiger partial charge < -0.3 is 10.5 Å². The highest BCUT2D eigenvalue weighted by Gasteiger charge is 2.10. The van der Waals surface area contributed by atoms with Crippen LogP contribution in [0.25, 0.3) is 10.4 Å². The van der Waals surface area contributed by atoms with E-state index in [1.54, 1.807) is 19.4 Å². The van der Waals surface area contributed by atoms with Crippen LogP contribution in [0, 0.1) is 0 Å². The average Bonchev–Trinajstić information content (AvgIpc) is 2.74. The molecule has 0 aromatic carbocycles. The first-order valence-corrected chi connectivity index (χ1v) is 5.43. The normalized spacial score (nSPS) is 10.8. The van der Waals surface area contributed by atoms with Gasteiger partial charge in [-0.25, -0.2) is 4.98 Å². The summed E-state index contributed by atoms with van der Waals surface area (Å²) in [7, 11) is 1.80. The van der Waals surface area contributed by atoms with Crippen molar-refractivity contribution >= 4 is 22.7 Å². The van der Waals surface area contributed by atoms with Gasteiger partial charge in [0.15, 0.2) is 5.13 Å². The molecule has 82 valence electrons. The van der Waals surface area contributed by atoms with Gasteiger partial charge in [0.1, 0.15) is 5.69 Å². The zero-order chi connectivity index (χ0) is 11.4. The van der Waals surface area contributed by atoms with Gasteiger partial charge in [0.25, 0.3) is 0 Å². The number of oxime groups is 1. The van der Waals surface area contributed by atoms with Gasteiger partial charge in [0.2, 0.25) is 0 Å². The Balaban J connectivity index is 2.50. The van der Waals surface area contributed by atoms with Crippen LogP contribution in [0.1, 0.15) is 5.69 Å². The van der Waals surface area contributed by atoms with Gasteiger partial charge in [0.05, 0.1) is 11.1 Å². The summed E-state index contributed by atoms with van der Waals surface area (Å²) in [6, 6.07) is 3.78. The molecule has 2 heterocycles. The summed E-state index contributed by atoms with van der Waals surface area (Å²) in [6.45, 7) is 0. The molecular weight excluding hydrogens is 224 g/mol. The van der Waals surface area contributed by atoms with E-state index in [4.69, 9.17) is 5.21 Å². The van der Waals surface area contributed by atoms with E-state index < -0.39 is 0 Å². The number of anilines is 1. The maximum atomic E-state index is 8.57. The molecule has 0 radical (unpaired) electrons. The molecule has 0 unspecified atom stereocenters. The van der Waals surface area contributed by atoms with Gasteiger partial charge in [-0.05, 0) is 17.7 Å². The van der Waals surface area contributed by atoms with Crippen LogP contribution in [0.4, 0.5) is 5.13 Å². The van der Waals surface area contributed by atoms with Crippen LogP contribution < -0.4 is 5.32 Å².